The highest BCUT2D eigenvalue weighted by molar-refractivity contribution is 9.10. The first-order valence-corrected chi connectivity index (χ1v) is 13.6. The Morgan fingerprint density at radius 2 is 1.81 bits per heavy atom. The van der Waals surface area contributed by atoms with Crippen molar-refractivity contribution in [1.29, 1.82) is 0 Å². The molecule has 1 heterocycles. The summed E-state index contributed by atoms with van der Waals surface area (Å²) in [7, 11) is 0. The van der Waals surface area contributed by atoms with Gasteiger partial charge in [0.15, 0.2) is 17.3 Å². The standard InChI is InChI=1S/C26H23BrCl2N4O2S/c1-3-34-25-12-19(6-11-24(25)35-15-18-4-8-21(27)9-5-18)14-30-33-17(2)31-32-26(33)36-16-20-7-10-22(28)13-23(20)29/h4-14H,3,15-16H2,1-2H3/b30-14+. The van der Waals surface area contributed by atoms with E-state index in [-0.39, 0.29) is 0 Å². The Bertz CT molecular complexity index is 1360. The summed E-state index contributed by atoms with van der Waals surface area (Å²) in [5.74, 6) is 2.62. The van der Waals surface area contributed by atoms with Gasteiger partial charge in [-0.1, -0.05) is 69.1 Å². The maximum atomic E-state index is 6.30. The monoisotopic (exact) mass is 604 g/mol. The van der Waals surface area contributed by atoms with E-state index in [2.05, 4.69) is 31.2 Å². The Kier molecular flexibility index (Phi) is 9.31. The molecule has 4 rings (SSSR count). The van der Waals surface area contributed by atoms with Crippen LogP contribution in [-0.4, -0.2) is 27.7 Å². The molecule has 0 saturated heterocycles. The Morgan fingerprint density at radius 3 is 2.56 bits per heavy atom. The zero-order chi connectivity index (χ0) is 25.5. The molecule has 0 bridgehead atoms. The van der Waals surface area contributed by atoms with Crippen molar-refractivity contribution in [3.05, 3.63) is 97.7 Å². The van der Waals surface area contributed by atoms with Crippen LogP contribution in [0.3, 0.4) is 0 Å². The number of halogens is 3. The predicted molar refractivity (Wildman–Crippen MR) is 150 cm³/mol. The number of benzene rings is 3. The van der Waals surface area contributed by atoms with Crippen LogP contribution in [0, 0.1) is 6.92 Å². The van der Waals surface area contributed by atoms with Crippen molar-refractivity contribution in [2.24, 2.45) is 5.10 Å². The van der Waals surface area contributed by atoms with Crippen molar-refractivity contribution in [3.63, 3.8) is 0 Å². The van der Waals surface area contributed by atoms with Crippen molar-refractivity contribution >= 4 is 57.1 Å². The minimum atomic E-state index is 0.443. The molecule has 6 nitrogen and oxygen atoms in total. The molecule has 4 aromatic rings. The van der Waals surface area contributed by atoms with E-state index < -0.39 is 0 Å². The molecule has 0 N–H and O–H groups in total. The van der Waals surface area contributed by atoms with Gasteiger partial charge < -0.3 is 9.47 Å². The molecule has 0 fully saturated rings. The van der Waals surface area contributed by atoms with Gasteiger partial charge in [-0.05, 0) is 73.0 Å². The Labute approximate surface area is 232 Å². The summed E-state index contributed by atoms with van der Waals surface area (Å²) in [6.07, 6.45) is 1.75. The summed E-state index contributed by atoms with van der Waals surface area (Å²) in [6.45, 7) is 4.76. The van der Waals surface area contributed by atoms with Crippen molar-refractivity contribution in [2.75, 3.05) is 6.61 Å². The first-order valence-electron chi connectivity index (χ1n) is 11.1. The molecule has 0 aliphatic rings. The van der Waals surface area contributed by atoms with Gasteiger partial charge in [0, 0.05) is 20.3 Å². The van der Waals surface area contributed by atoms with Crippen molar-refractivity contribution < 1.29 is 9.47 Å². The lowest BCUT2D eigenvalue weighted by Crippen LogP contribution is -2.01. The second-order valence-electron chi connectivity index (χ2n) is 7.66. The van der Waals surface area contributed by atoms with Gasteiger partial charge in [0.05, 0.1) is 12.8 Å². The van der Waals surface area contributed by atoms with Gasteiger partial charge in [0.2, 0.25) is 5.16 Å². The van der Waals surface area contributed by atoms with Crippen LogP contribution < -0.4 is 9.47 Å². The lowest BCUT2D eigenvalue weighted by Gasteiger charge is -2.13. The number of rotatable bonds is 10. The predicted octanol–water partition coefficient (Wildman–Crippen LogP) is 7.81. The Balaban J connectivity index is 1.47. The number of nitrogens with zero attached hydrogens (tertiary/aromatic N) is 4. The van der Waals surface area contributed by atoms with E-state index in [0.29, 0.717) is 51.5 Å². The fourth-order valence-electron chi connectivity index (χ4n) is 3.20. The third-order valence-corrected chi connectivity index (χ3v) is 7.12. The number of aromatic nitrogens is 3. The van der Waals surface area contributed by atoms with Crippen LogP contribution in [0.25, 0.3) is 0 Å². The Morgan fingerprint density at radius 1 is 1.00 bits per heavy atom. The first-order chi connectivity index (χ1) is 17.4. The lowest BCUT2D eigenvalue weighted by molar-refractivity contribution is 0.269. The summed E-state index contributed by atoms with van der Waals surface area (Å²) in [4.78, 5) is 0. The molecule has 186 valence electrons. The zero-order valence-corrected chi connectivity index (χ0v) is 23.5. The maximum absolute atomic E-state index is 6.30. The van der Waals surface area contributed by atoms with Crippen LogP contribution in [0.15, 0.2) is 75.4 Å². The molecule has 0 aliphatic carbocycles. The van der Waals surface area contributed by atoms with Gasteiger partial charge in [0.25, 0.3) is 0 Å². The highest BCUT2D eigenvalue weighted by Gasteiger charge is 2.11. The van der Waals surface area contributed by atoms with Crippen LogP contribution >= 0.6 is 50.9 Å². The van der Waals surface area contributed by atoms with Gasteiger partial charge >= 0.3 is 0 Å². The minimum Gasteiger partial charge on any atom is -0.490 e. The van der Waals surface area contributed by atoms with E-state index in [0.717, 1.165) is 21.2 Å². The van der Waals surface area contributed by atoms with Crippen LogP contribution in [0.4, 0.5) is 0 Å². The average Bonchev–Trinajstić information content (AvgIpc) is 3.22. The van der Waals surface area contributed by atoms with Crippen LogP contribution in [0.1, 0.15) is 29.4 Å². The fourth-order valence-corrected chi connectivity index (χ4v) is 4.96. The largest absolute Gasteiger partial charge is 0.490 e. The van der Waals surface area contributed by atoms with Crippen molar-refractivity contribution in [1.82, 2.24) is 14.9 Å². The van der Waals surface area contributed by atoms with E-state index in [4.69, 9.17) is 32.7 Å². The smallest absolute Gasteiger partial charge is 0.212 e. The molecule has 0 unspecified atom stereocenters. The maximum Gasteiger partial charge on any atom is 0.212 e. The normalized spacial score (nSPS) is 11.2. The molecule has 0 atom stereocenters. The topological polar surface area (TPSA) is 61.5 Å². The Hall–Kier alpha value is -2.52. The zero-order valence-electron chi connectivity index (χ0n) is 19.6. The van der Waals surface area contributed by atoms with Gasteiger partial charge in [0.1, 0.15) is 6.61 Å². The van der Waals surface area contributed by atoms with Crippen LogP contribution in [0.2, 0.25) is 10.0 Å². The number of aryl methyl sites for hydroxylation is 1. The van der Waals surface area contributed by atoms with Crippen molar-refractivity contribution in [3.8, 4) is 11.5 Å². The van der Waals surface area contributed by atoms with Gasteiger partial charge in [-0.3, -0.25) is 0 Å². The number of hydrogen-bond donors (Lipinski definition) is 0. The quantitative estimate of drug-likeness (QED) is 0.136. The third kappa shape index (κ3) is 7.03. The molecule has 1 aromatic heterocycles. The fraction of sp³-hybridized carbons (Fsp3) is 0.192. The highest BCUT2D eigenvalue weighted by Crippen LogP contribution is 2.30. The summed E-state index contributed by atoms with van der Waals surface area (Å²) < 4.78 is 14.6. The van der Waals surface area contributed by atoms with E-state index in [1.807, 2.05) is 68.4 Å². The van der Waals surface area contributed by atoms with Gasteiger partial charge in [-0.15, -0.1) is 10.2 Å². The second kappa shape index (κ2) is 12.6. The molecule has 0 aliphatic heterocycles. The van der Waals surface area contributed by atoms with Crippen LogP contribution in [0.5, 0.6) is 11.5 Å². The number of hydrogen-bond acceptors (Lipinski definition) is 6. The molecule has 0 spiro atoms. The SMILES string of the molecule is CCOc1cc(/C=N/n2c(C)nnc2SCc2ccc(Cl)cc2Cl)ccc1OCc1ccc(Br)cc1. The second-order valence-corrected chi connectivity index (χ2v) is 10.4. The van der Waals surface area contributed by atoms with E-state index in [1.165, 1.54) is 11.8 Å². The van der Waals surface area contributed by atoms with E-state index in [1.54, 1.807) is 17.0 Å². The number of ether oxygens (including phenoxy) is 2. The molecule has 3 aromatic carbocycles. The molecule has 36 heavy (non-hydrogen) atoms. The summed E-state index contributed by atoms with van der Waals surface area (Å²) in [5.41, 5.74) is 2.89. The molecular weight excluding hydrogens is 583 g/mol. The lowest BCUT2D eigenvalue weighted by atomic mass is 10.2. The molecule has 0 saturated carbocycles. The minimum absolute atomic E-state index is 0.443. The highest BCUT2D eigenvalue weighted by atomic mass is 79.9. The number of thioether (sulfide) groups is 1. The van der Waals surface area contributed by atoms with E-state index >= 15 is 0 Å². The average molecular weight is 606 g/mol. The first kappa shape index (κ1) is 26.5. The van der Waals surface area contributed by atoms with Crippen LogP contribution in [-0.2, 0) is 12.4 Å². The summed E-state index contributed by atoms with van der Waals surface area (Å²) in [5, 5.41) is 14.9. The molecular formula is C26H23BrCl2N4O2S. The third-order valence-electron chi connectivity index (χ3n) is 5.04. The molecule has 0 radical (unpaired) electrons. The van der Waals surface area contributed by atoms with E-state index in [9.17, 15) is 0 Å². The molecule has 10 heteroatoms. The molecule has 0 amide bonds. The summed E-state index contributed by atoms with van der Waals surface area (Å²) in [6, 6.07) is 19.2. The summed E-state index contributed by atoms with van der Waals surface area (Å²) >= 11 is 17.2. The van der Waals surface area contributed by atoms with Gasteiger partial charge in [-0.2, -0.15) is 9.78 Å². The van der Waals surface area contributed by atoms with Crippen molar-refractivity contribution in [2.45, 2.75) is 31.4 Å². The van der Waals surface area contributed by atoms with Gasteiger partial charge in [-0.25, -0.2) is 0 Å².